The lowest BCUT2D eigenvalue weighted by molar-refractivity contribution is -0.124. The molecule has 1 unspecified atom stereocenters. The lowest BCUT2D eigenvalue weighted by Gasteiger charge is -2.17. The molecule has 0 spiro atoms. The van der Waals surface area contributed by atoms with E-state index in [1.165, 1.54) is 0 Å². The number of rotatable bonds is 1. The molecule has 1 N–H and O–H groups in total. The summed E-state index contributed by atoms with van der Waals surface area (Å²) in [6.45, 7) is 3.68. The maximum absolute atomic E-state index is 11.6. The van der Waals surface area contributed by atoms with Crippen LogP contribution in [0.5, 0.6) is 0 Å². The summed E-state index contributed by atoms with van der Waals surface area (Å²) in [5, 5.41) is 2.78. The Kier molecular flexibility index (Phi) is 2.04. The van der Waals surface area contributed by atoms with Gasteiger partial charge < -0.3 is 10.1 Å². The van der Waals surface area contributed by atoms with Crippen LogP contribution >= 0.6 is 0 Å². The number of hydrogen-bond donors (Lipinski definition) is 1. The molecule has 14 heavy (non-hydrogen) atoms. The van der Waals surface area contributed by atoms with E-state index in [0.29, 0.717) is 0 Å². The van der Waals surface area contributed by atoms with Crippen LogP contribution in [0, 0.1) is 0 Å². The van der Waals surface area contributed by atoms with Crippen molar-refractivity contribution in [1.29, 1.82) is 0 Å². The lowest BCUT2D eigenvalue weighted by atomic mass is 10.1. The molecule has 0 aliphatic carbocycles. The molecule has 1 saturated heterocycles. The first-order valence-electron chi connectivity index (χ1n) is 4.63. The molecule has 0 aromatic heterocycles. The normalized spacial score (nSPS) is 24.7. The lowest BCUT2D eigenvalue weighted by Crippen LogP contribution is -2.35. The highest BCUT2D eigenvalue weighted by Gasteiger charge is 2.38. The summed E-state index contributed by atoms with van der Waals surface area (Å²) < 4.78 is 5.59. The fourth-order valence-electron chi connectivity index (χ4n) is 1.59. The first kappa shape index (κ1) is 9.21. The van der Waals surface area contributed by atoms with Crippen molar-refractivity contribution in [2.24, 2.45) is 0 Å². The molecule has 1 heterocycles. The van der Waals surface area contributed by atoms with Gasteiger partial charge in [-0.2, -0.15) is 0 Å². The zero-order valence-electron chi connectivity index (χ0n) is 8.28. The van der Waals surface area contributed by atoms with Gasteiger partial charge in [-0.15, -0.1) is 0 Å². The van der Waals surface area contributed by atoms with Crippen LogP contribution in [-0.2, 0) is 9.53 Å². The summed E-state index contributed by atoms with van der Waals surface area (Å²) >= 11 is 0. The topological polar surface area (TPSA) is 38.3 Å². The van der Waals surface area contributed by atoms with Gasteiger partial charge in [-0.25, -0.2) is 0 Å². The van der Waals surface area contributed by atoms with Crippen molar-refractivity contribution in [2.75, 3.05) is 0 Å². The summed E-state index contributed by atoms with van der Waals surface area (Å²) in [6, 6.07) is 9.51. The standard InChI is InChI=1S/C11H13NO2/c1-11(2)12-10(13)9(14-11)8-6-4-3-5-7-8/h3-7,9H,1-2H3,(H,12,13). The van der Waals surface area contributed by atoms with Crippen molar-refractivity contribution in [3.05, 3.63) is 35.9 Å². The zero-order valence-corrected chi connectivity index (χ0v) is 8.28. The van der Waals surface area contributed by atoms with E-state index in [2.05, 4.69) is 5.32 Å². The molecule has 3 nitrogen and oxygen atoms in total. The predicted octanol–water partition coefficient (Wildman–Crippen LogP) is 1.61. The Labute approximate surface area is 83.1 Å². The van der Waals surface area contributed by atoms with E-state index in [9.17, 15) is 4.79 Å². The van der Waals surface area contributed by atoms with Gasteiger partial charge in [0.2, 0.25) is 0 Å². The van der Waals surface area contributed by atoms with E-state index in [4.69, 9.17) is 4.74 Å². The van der Waals surface area contributed by atoms with Crippen molar-refractivity contribution in [2.45, 2.75) is 25.7 Å². The van der Waals surface area contributed by atoms with E-state index in [-0.39, 0.29) is 5.91 Å². The van der Waals surface area contributed by atoms with Crippen molar-refractivity contribution < 1.29 is 9.53 Å². The van der Waals surface area contributed by atoms with Crippen LogP contribution in [0.15, 0.2) is 30.3 Å². The van der Waals surface area contributed by atoms with Crippen LogP contribution in [0.2, 0.25) is 0 Å². The van der Waals surface area contributed by atoms with E-state index in [0.717, 1.165) is 5.56 Å². The zero-order chi connectivity index (χ0) is 10.2. The van der Waals surface area contributed by atoms with Gasteiger partial charge in [-0.3, -0.25) is 4.79 Å². The molecule has 1 aromatic carbocycles. The third-order valence-electron chi connectivity index (χ3n) is 2.18. The number of carbonyl (C=O) groups excluding carboxylic acids is 1. The van der Waals surface area contributed by atoms with Gasteiger partial charge in [0.15, 0.2) is 6.10 Å². The van der Waals surface area contributed by atoms with E-state index < -0.39 is 11.8 Å². The molecule has 74 valence electrons. The van der Waals surface area contributed by atoms with Gasteiger partial charge in [0, 0.05) is 0 Å². The summed E-state index contributed by atoms with van der Waals surface area (Å²) in [4.78, 5) is 11.6. The molecule has 1 aromatic rings. The molecule has 1 aliphatic rings. The Morgan fingerprint density at radius 3 is 2.43 bits per heavy atom. The fourth-order valence-corrected chi connectivity index (χ4v) is 1.59. The molecule has 1 aliphatic heterocycles. The number of carbonyl (C=O) groups is 1. The molecule has 1 atom stereocenters. The van der Waals surface area contributed by atoms with Gasteiger partial charge in [0.05, 0.1) is 0 Å². The first-order valence-corrected chi connectivity index (χ1v) is 4.63. The first-order chi connectivity index (χ1) is 6.58. The highest BCUT2D eigenvalue weighted by atomic mass is 16.5. The van der Waals surface area contributed by atoms with E-state index >= 15 is 0 Å². The molecule has 0 radical (unpaired) electrons. The Morgan fingerprint density at radius 1 is 1.29 bits per heavy atom. The van der Waals surface area contributed by atoms with Gasteiger partial charge >= 0.3 is 0 Å². The average molecular weight is 191 g/mol. The largest absolute Gasteiger partial charge is 0.339 e. The highest BCUT2D eigenvalue weighted by molar-refractivity contribution is 5.84. The van der Waals surface area contributed by atoms with Crippen LogP contribution in [0.1, 0.15) is 25.5 Å². The SMILES string of the molecule is CC1(C)NC(=O)C(c2ccccc2)O1. The quantitative estimate of drug-likeness (QED) is 0.732. The third-order valence-corrected chi connectivity index (χ3v) is 2.18. The van der Waals surface area contributed by atoms with Gasteiger partial charge in [-0.05, 0) is 19.4 Å². The Morgan fingerprint density at radius 2 is 1.93 bits per heavy atom. The van der Waals surface area contributed by atoms with Gasteiger partial charge in [-0.1, -0.05) is 30.3 Å². The van der Waals surface area contributed by atoms with Gasteiger partial charge in [0.25, 0.3) is 5.91 Å². The van der Waals surface area contributed by atoms with Crippen LogP contribution < -0.4 is 5.32 Å². The van der Waals surface area contributed by atoms with E-state index in [1.54, 1.807) is 0 Å². The second-order valence-electron chi connectivity index (χ2n) is 3.91. The second-order valence-corrected chi connectivity index (χ2v) is 3.91. The summed E-state index contributed by atoms with van der Waals surface area (Å²) in [6.07, 6.45) is -0.466. The highest BCUT2D eigenvalue weighted by Crippen LogP contribution is 2.28. The summed E-state index contributed by atoms with van der Waals surface area (Å²) in [5.74, 6) is -0.0683. The number of hydrogen-bond acceptors (Lipinski definition) is 2. The summed E-state index contributed by atoms with van der Waals surface area (Å²) in [7, 11) is 0. The average Bonchev–Trinajstić information content (AvgIpc) is 2.41. The van der Waals surface area contributed by atoms with Gasteiger partial charge in [0.1, 0.15) is 5.72 Å². The Balaban J connectivity index is 2.26. The molecule has 0 bridgehead atoms. The van der Waals surface area contributed by atoms with Crippen molar-refractivity contribution in [3.63, 3.8) is 0 Å². The monoisotopic (exact) mass is 191 g/mol. The minimum atomic E-state index is -0.558. The molecular formula is C11H13NO2. The van der Waals surface area contributed by atoms with E-state index in [1.807, 2.05) is 44.2 Å². The van der Waals surface area contributed by atoms with Crippen LogP contribution in [0.3, 0.4) is 0 Å². The molecule has 2 rings (SSSR count). The molecule has 1 fully saturated rings. The maximum atomic E-state index is 11.6. The number of ether oxygens (including phenoxy) is 1. The van der Waals surface area contributed by atoms with Crippen molar-refractivity contribution in [3.8, 4) is 0 Å². The Hall–Kier alpha value is -1.35. The van der Waals surface area contributed by atoms with Crippen LogP contribution in [0.4, 0.5) is 0 Å². The number of benzene rings is 1. The maximum Gasteiger partial charge on any atom is 0.256 e. The van der Waals surface area contributed by atoms with Crippen LogP contribution in [-0.4, -0.2) is 11.6 Å². The minimum Gasteiger partial charge on any atom is -0.339 e. The van der Waals surface area contributed by atoms with Crippen molar-refractivity contribution >= 4 is 5.91 Å². The molecular weight excluding hydrogens is 178 g/mol. The smallest absolute Gasteiger partial charge is 0.256 e. The number of amides is 1. The molecule has 3 heteroatoms. The Bertz CT molecular complexity index is 346. The second kappa shape index (κ2) is 3.10. The molecule has 1 amide bonds. The predicted molar refractivity (Wildman–Crippen MR) is 52.5 cm³/mol. The summed E-state index contributed by atoms with van der Waals surface area (Å²) in [5.41, 5.74) is 0.341. The fraction of sp³-hybridized carbons (Fsp3) is 0.364. The minimum absolute atomic E-state index is 0.0683. The van der Waals surface area contributed by atoms with Crippen molar-refractivity contribution in [1.82, 2.24) is 5.32 Å². The third kappa shape index (κ3) is 1.63. The number of nitrogens with one attached hydrogen (secondary N) is 1. The molecule has 0 saturated carbocycles. The van der Waals surface area contributed by atoms with Crippen LogP contribution in [0.25, 0.3) is 0 Å².